The van der Waals surface area contributed by atoms with Crippen molar-refractivity contribution in [2.24, 2.45) is 0 Å². The molecule has 4 atom stereocenters. The maximum atomic E-state index is 11.3. The molecular weight excluding hydrogens is 339 g/mol. The molecule has 2 rings (SSSR count). The molecule has 2 heterocycles. The topological polar surface area (TPSA) is 86.7 Å². The van der Waals surface area contributed by atoms with Gasteiger partial charge in [-0.05, 0) is 0 Å². The first-order chi connectivity index (χ1) is 8.69. The third-order valence-corrected chi connectivity index (χ3v) is 7.68. The van der Waals surface area contributed by atoms with E-state index in [4.69, 9.17) is 32.7 Å². The molecule has 0 bridgehead atoms. The molecule has 112 valence electrons. The normalized spacial score (nSPS) is 40.5. The van der Waals surface area contributed by atoms with Crippen LogP contribution in [0.5, 0.6) is 0 Å². The average molecular weight is 353 g/mol. The Bertz CT molecular complexity index is 483. The van der Waals surface area contributed by atoms with Crippen LogP contribution >= 0.6 is 23.2 Å². The van der Waals surface area contributed by atoms with Gasteiger partial charge in [0.2, 0.25) is 0 Å². The molecule has 0 aliphatic carbocycles. The highest BCUT2D eigenvalue weighted by atomic mass is 35.5. The SMILES string of the molecule is O=S1(=O)C[C@H](OCO[C@@H]2CS(=O)(=O)C[C@@H]2Cl)[C@@H](Cl)C1. The molecule has 0 aromatic carbocycles. The monoisotopic (exact) mass is 352 g/mol. The second-order valence-electron chi connectivity index (χ2n) is 4.71. The number of hydrogen-bond donors (Lipinski definition) is 0. The van der Waals surface area contributed by atoms with Gasteiger partial charge in [-0.15, -0.1) is 23.2 Å². The fourth-order valence-electron chi connectivity index (χ4n) is 2.06. The Morgan fingerprint density at radius 2 is 1.16 bits per heavy atom. The van der Waals surface area contributed by atoms with E-state index in [1.165, 1.54) is 0 Å². The molecule has 0 N–H and O–H groups in total. The van der Waals surface area contributed by atoms with Crippen molar-refractivity contribution in [1.29, 1.82) is 0 Å². The van der Waals surface area contributed by atoms with Gasteiger partial charge < -0.3 is 9.47 Å². The Labute approximate surface area is 122 Å². The summed E-state index contributed by atoms with van der Waals surface area (Å²) in [7, 11) is -6.32. The highest BCUT2D eigenvalue weighted by molar-refractivity contribution is 7.92. The van der Waals surface area contributed by atoms with Crippen LogP contribution in [-0.4, -0.2) is 69.6 Å². The summed E-state index contributed by atoms with van der Waals surface area (Å²) >= 11 is 11.7. The fourth-order valence-corrected chi connectivity index (χ4v) is 7.08. The minimum atomic E-state index is -3.16. The molecule has 19 heavy (non-hydrogen) atoms. The highest BCUT2D eigenvalue weighted by Crippen LogP contribution is 2.23. The fraction of sp³-hybridized carbons (Fsp3) is 1.00. The van der Waals surface area contributed by atoms with Crippen LogP contribution < -0.4 is 0 Å². The molecule has 0 unspecified atom stereocenters. The van der Waals surface area contributed by atoms with Crippen molar-refractivity contribution in [3.05, 3.63) is 0 Å². The van der Waals surface area contributed by atoms with Crippen LogP contribution in [-0.2, 0) is 29.1 Å². The van der Waals surface area contributed by atoms with E-state index in [0.717, 1.165) is 0 Å². The number of alkyl halides is 2. The van der Waals surface area contributed by atoms with E-state index in [1.54, 1.807) is 0 Å². The van der Waals surface area contributed by atoms with Gasteiger partial charge in [0, 0.05) is 0 Å². The van der Waals surface area contributed by atoms with Gasteiger partial charge in [0.05, 0.1) is 46.0 Å². The zero-order valence-electron chi connectivity index (χ0n) is 9.87. The van der Waals surface area contributed by atoms with Crippen LogP contribution in [0.3, 0.4) is 0 Å². The summed E-state index contributed by atoms with van der Waals surface area (Å²) in [6, 6.07) is 0. The summed E-state index contributed by atoms with van der Waals surface area (Å²) in [5.74, 6) is -0.514. The van der Waals surface area contributed by atoms with E-state index in [9.17, 15) is 16.8 Å². The number of rotatable bonds is 4. The molecule has 0 amide bonds. The van der Waals surface area contributed by atoms with E-state index < -0.39 is 42.6 Å². The van der Waals surface area contributed by atoms with Gasteiger partial charge in [0.1, 0.15) is 6.79 Å². The summed E-state index contributed by atoms with van der Waals surface area (Å²) in [6.45, 7) is -0.215. The van der Waals surface area contributed by atoms with Gasteiger partial charge in [0.15, 0.2) is 19.7 Å². The Morgan fingerprint density at radius 1 is 0.789 bits per heavy atom. The lowest BCUT2D eigenvalue weighted by Gasteiger charge is -2.17. The maximum Gasteiger partial charge on any atom is 0.154 e. The molecule has 0 saturated carbocycles. The smallest absolute Gasteiger partial charge is 0.154 e. The van der Waals surface area contributed by atoms with Crippen molar-refractivity contribution in [3.63, 3.8) is 0 Å². The standard InChI is InChI=1S/C9H14Cl2O6S2/c10-6-1-18(12,13)3-8(6)16-5-17-9-4-19(14,15)2-7(9)11/h6-9H,1-5H2/t6-,7-,8-,9+/m0/s1. The van der Waals surface area contributed by atoms with E-state index in [1.807, 2.05) is 0 Å². The van der Waals surface area contributed by atoms with E-state index in [-0.39, 0.29) is 29.8 Å². The minimum absolute atomic E-state index is 0.116. The van der Waals surface area contributed by atoms with Crippen LogP contribution in [0.4, 0.5) is 0 Å². The quantitative estimate of drug-likeness (QED) is 0.513. The number of ether oxygens (including phenoxy) is 2. The molecule has 2 aliphatic heterocycles. The van der Waals surface area contributed by atoms with Crippen molar-refractivity contribution in [2.75, 3.05) is 29.8 Å². The molecule has 0 aromatic rings. The van der Waals surface area contributed by atoms with Gasteiger partial charge in [-0.2, -0.15) is 0 Å². The van der Waals surface area contributed by atoms with Crippen molar-refractivity contribution < 1.29 is 26.3 Å². The summed E-state index contributed by atoms with van der Waals surface area (Å²) in [4.78, 5) is 0. The van der Waals surface area contributed by atoms with Crippen molar-refractivity contribution in [2.45, 2.75) is 23.0 Å². The summed E-state index contributed by atoms with van der Waals surface area (Å²) < 4.78 is 55.7. The molecular formula is C9H14Cl2O6S2. The summed E-state index contributed by atoms with van der Waals surface area (Å²) in [5, 5.41) is -1.21. The van der Waals surface area contributed by atoms with Crippen LogP contribution in [0, 0.1) is 0 Å². The zero-order valence-corrected chi connectivity index (χ0v) is 13.0. The molecule has 0 radical (unpaired) electrons. The predicted octanol–water partition coefficient (Wildman–Crippen LogP) is -0.214. The van der Waals surface area contributed by atoms with Crippen molar-refractivity contribution in [1.82, 2.24) is 0 Å². The van der Waals surface area contributed by atoms with Gasteiger partial charge in [0.25, 0.3) is 0 Å². The average Bonchev–Trinajstić information content (AvgIpc) is 2.63. The van der Waals surface area contributed by atoms with E-state index in [2.05, 4.69) is 0 Å². The third-order valence-electron chi connectivity index (χ3n) is 3.03. The van der Waals surface area contributed by atoms with Gasteiger partial charge in [-0.1, -0.05) is 0 Å². The van der Waals surface area contributed by atoms with Crippen LogP contribution in [0.25, 0.3) is 0 Å². The third kappa shape index (κ3) is 4.18. The first-order valence-corrected chi connectivity index (χ1v) is 10.1. The molecule has 6 nitrogen and oxygen atoms in total. The molecule has 2 aliphatic rings. The molecule has 2 fully saturated rings. The molecule has 0 spiro atoms. The first-order valence-electron chi connectivity index (χ1n) is 5.61. The lowest BCUT2D eigenvalue weighted by Crippen LogP contribution is -2.29. The number of hydrogen-bond acceptors (Lipinski definition) is 6. The molecule has 10 heteroatoms. The lowest BCUT2D eigenvalue weighted by molar-refractivity contribution is -0.103. The predicted molar refractivity (Wildman–Crippen MR) is 71.2 cm³/mol. The summed E-state index contributed by atoms with van der Waals surface area (Å²) in [6.07, 6.45) is -1.25. The van der Waals surface area contributed by atoms with Crippen molar-refractivity contribution in [3.8, 4) is 0 Å². The van der Waals surface area contributed by atoms with Crippen molar-refractivity contribution >= 4 is 42.9 Å². The van der Waals surface area contributed by atoms with Gasteiger partial charge >= 0.3 is 0 Å². The number of sulfone groups is 2. The Morgan fingerprint density at radius 3 is 1.42 bits per heavy atom. The van der Waals surface area contributed by atoms with Crippen LogP contribution in [0.2, 0.25) is 0 Å². The van der Waals surface area contributed by atoms with E-state index >= 15 is 0 Å². The highest BCUT2D eigenvalue weighted by Gasteiger charge is 2.39. The van der Waals surface area contributed by atoms with Crippen LogP contribution in [0.15, 0.2) is 0 Å². The molecule has 2 saturated heterocycles. The Balaban J connectivity index is 1.79. The van der Waals surface area contributed by atoms with Crippen LogP contribution in [0.1, 0.15) is 0 Å². The Kier molecular flexibility index (Phi) is 4.69. The minimum Gasteiger partial charge on any atom is -0.350 e. The zero-order chi connectivity index (χ0) is 14.3. The Hall–Kier alpha value is 0.400. The number of halogens is 2. The summed E-state index contributed by atoms with van der Waals surface area (Å²) in [5.41, 5.74) is 0. The second kappa shape index (κ2) is 5.65. The lowest BCUT2D eigenvalue weighted by atomic mass is 10.3. The van der Waals surface area contributed by atoms with Gasteiger partial charge in [-0.3, -0.25) is 0 Å². The maximum absolute atomic E-state index is 11.3. The van der Waals surface area contributed by atoms with Gasteiger partial charge in [-0.25, -0.2) is 16.8 Å². The first kappa shape index (κ1) is 15.8. The van der Waals surface area contributed by atoms with E-state index in [0.29, 0.717) is 0 Å². The largest absolute Gasteiger partial charge is 0.350 e. The second-order valence-corrected chi connectivity index (χ2v) is 10.1. The molecule has 0 aromatic heterocycles.